The molecule has 1 aliphatic heterocycles. The van der Waals surface area contributed by atoms with Crippen molar-refractivity contribution in [2.75, 3.05) is 26.4 Å². The lowest BCUT2D eigenvalue weighted by Crippen LogP contribution is -2.46. The van der Waals surface area contributed by atoms with E-state index in [0.29, 0.717) is 42.6 Å². The number of benzene rings is 1. The van der Waals surface area contributed by atoms with Gasteiger partial charge >= 0.3 is 17.6 Å². The summed E-state index contributed by atoms with van der Waals surface area (Å²) in [5, 5.41) is 32.3. The second kappa shape index (κ2) is 52.6. The second-order valence-electron chi connectivity index (χ2n) is 26.6. The Labute approximate surface area is 540 Å². The first-order chi connectivity index (χ1) is 43.5. The lowest BCUT2D eigenvalue weighted by atomic mass is 9.95. The number of carbonyl (C=O) groups is 2. The molecule has 1 fully saturated rings. The van der Waals surface area contributed by atoms with Crippen molar-refractivity contribution in [3.63, 3.8) is 0 Å². The third kappa shape index (κ3) is 37.4. The van der Waals surface area contributed by atoms with Crippen molar-refractivity contribution < 1.29 is 48.6 Å². The van der Waals surface area contributed by atoms with E-state index >= 15 is 0 Å². The van der Waals surface area contributed by atoms with Gasteiger partial charge in [-0.05, 0) is 50.3 Å². The molecule has 1 aliphatic rings. The van der Waals surface area contributed by atoms with Gasteiger partial charge in [-0.15, -0.1) is 0 Å². The standard InChI is InChI=1S/C75H132N2O12/c1-5-8-11-14-17-20-23-26-29-32-35-38-41-44-47-50-53-85-66-57-64(56-65(59-70(79)80)73(82)89-75(84)60-69(88-68(75)62-78)77-61-63(4)72(81)76-74(77)83)58-67(86-54-51-48-45-42-39-36-33-30-27-24-21-18-15-12-9-6-2)71(66)87-55-52-49-46-43-40-37-34-31-28-25-22-19-16-13-10-7-3/h57-58,61,65,68-69,78,84H,5-56,59-60,62H2,1-4H3,(H,79,80)(H,76,81,83)/t65?,68-,69-,75-/m1/s1. The first-order valence-corrected chi connectivity index (χ1v) is 37.3. The van der Waals surface area contributed by atoms with Crippen molar-refractivity contribution in [1.82, 2.24) is 9.55 Å². The van der Waals surface area contributed by atoms with Gasteiger partial charge in [-0.25, -0.2) is 4.79 Å². The zero-order chi connectivity index (χ0) is 64.3. The molecular formula is C75H132N2O12. The third-order valence-electron chi connectivity index (χ3n) is 18.3. The molecule has 3 rings (SSSR count). The van der Waals surface area contributed by atoms with Crippen molar-refractivity contribution in [3.8, 4) is 17.2 Å². The zero-order valence-corrected chi connectivity index (χ0v) is 57.3. The SMILES string of the molecule is CCCCCCCCCCCCCCCCCCOc1cc(CC(CC(=O)O)C(=O)O[C@]2(O)C[C@H](n3cc(C)c(=O)[nH]c3=O)O[C@@H]2CO)cc(OCCCCCCCCCCCCCCCCCC)c1OCCCCCCCCCCCCCCCCCC. The van der Waals surface area contributed by atoms with Crippen molar-refractivity contribution in [2.24, 2.45) is 5.92 Å². The molecule has 1 aromatic carbocycles. The number of rotatable bonds is 62. The number of H-pyrrole nitrogens is 1. The smallest absolute Gasteiger partial charge is 0.330 e. The monoisotopic (exact) mass is 1250 g/mol. The summed E-state index contributed by atoms with van der Waals surface area (Å²) in [4.78, 5) is 53.9. The van der Waals surface area contributed by atoms with Gasteiger partial charge in [0.2, 0.25) is 11.5 Å². The van der Waals surface area contributed by atoms with E-state index in [1.807, 2.05) is 12.1 Å². The molecule has 1 aromatic heterocycles. The number of aryl methyl sites for hydroxylation is 1. The van der Waals surface area contributed by atoms with Crippen LogP contribution in [0.2, 0.25) is 0 Å². The second-order valence-corrected chi connectivity index (χ2v) is 26.6. The highest BCUT2D eigenvalue weighted by atomic mass is 16.7. The van der Waals surface area contributed by atoms with Crippen LogP contribution in [0.15, 0.2) is 27.9 Å². The Kier molecular flexibility index (Phi) is 46.9. The number of aliphatic hydroxyl groups excluding tert-OH is 1. The maximum atomic E-state index is 14.2. The lowest BCUT2D eigenvalue weighted by Gasteiger charge is -2.28. The Bertz CT molecular complexity index is 2120. The maximum absolute atomic E-state index is 14.2. The molecule has 0 spiro atoms. The predicted octanol–water partition coefficient (Wildman–Crippen LogP) is 19.6. The first-order valence-electron chi connectivity index (χ1n) is 37.3. The molecule has 14 nitrogen and oxygen atoms in total. The van der Waals surface area contributed by atoms with E-state index < -0.39 is 66.7 Å². The van der Waals surface area contributed by atoms with E-state index in [1.54, 1.807) is 0 Å². The third-order valence-corrected chi connectivity index (χ3v) is 18.3. The first kappa shape index (κ1) is 79.4. The number of carboxylic acid groups (broad SMARTS) is 1. The molecule has 89 heavy (non-hydrogen) atoms. The number of hydrogen-bond donors (Lipinski definition) is 4. The normalized spacial score (nSPS) is 16.1. The van der Waals surface area contributed by atoms with Gasteiger partial charge in [0.15, 0.2) is 11.5 Å². The van der Waals surface area contributed by atoms with Crippen LogP contribution < -0.4 is 25.5 Å². The average molecular weight is 1250 g/mol. The van der Waals surface area contributed by atoms with Gasteiger partial charge in [0.25, 0.3) is 5.56 Å². The molecule has 0 aliphatic carbocycles. The number of aromatic nitrogens is 2. The number of carbonyl (C=O) groups excluding carboxylic acids is 1. The summed E-state index contributed by atoms with van der Waals surface area (Å²) in [6.45, 7) is 8.93. The highest BCUT2D eigenvalue weighted by Crippen LogP contribution is 2.42. The van der Waals surface area contributed by atoms with Gasteiger partial charge < -0.3 is 39.0 Å². The van der Waals surface area contributed by atoms with Gasteiger partial charge in [0.1, 0.15) is 12.3 Å². The number of unbranched alkanes of at least 4 members (excludes halogenated alkanes) is 45. The minimum atomic E-state index is -2.43. The van der Waals surface area contributed by atoms with E-state index in [4.69, 9.17) is 23.7 Å². The lowest BCUT2D eigenvalue weighted by molar-refractivity contribution is -0.235. The summed E-state index contributed by atoms with van der Waals surface area (Å²) < 4.78 is 32.6. The number of aromatic amines is 1. The largest absolute Gasteiger partial charge is 0.490 e. The van der Waals surface area contributed by atoms with Gasteiger partial charge in [-0.1, -0.05) is 310 Å². The van der Waals surface area contributed by atoms with E-state index in [2.05, 4.69) is 25.8 Å². The van der Waals surface area contributed by atoms with Crippen LogP contribution in [0, 0.1) is 12.8 Å². The molecule has 0 saturated carbocycles. The molecule has 2 aromatic rings. The number of ether oxygens (including phenoxy) is 5. The summed E-state index contributed by atoms with van der Waals surface area (Å²) >= 11 is 0. The van der Waals surface area contributed by atoms with E-state index in [9.17, 15) is 34.5 Å². The van der Waals surface area contributed by atoms with E-state index in [1.165, 1.54) is 264 Å². The van der Waals surface area contributed by atoms with Crippen LogP contribution >= 0.6 is 0 Å². The minimum absolute atomic E-state index is 0.0991. The van der Waals surface area contributed by atoms with Crippen LogP contribution in [0.4, 0.5) is 0 Å². The van der Waals surface area contributed by atoms with Gasteiger partial charge in [0.05, 0.1) is 45.2 Å². The molecule has 514 valence electrons. The number of hydrogen-bond acceptors (Lipinski definition) is 11. The quantitative estimate of drug-likeness (QED) is 0.0278. The van der Waals surface area contributed by atoms with Crippen LogP contribution in [-0.4, -0.2) is 75.1 Å². The van der Waals surface area contributed by atoms with Crippen molar-refractivity contribution >= 4 is 11.9 Å². The van der Waals surface area contributed by atoms with Crippen molar-refractivity contribution in [2.45, 2.75) is 373 Å². The number of nitrogens with one attached hydrogen (secondary N) is 1. The fourth-order valence-corrected chi connectivity index (χ4v) is 12.6. The molecule has 4 N–H and O–H groups in total. The summed E-state index contributed by atoms with van der Waals surface area (Å²) in [5.74, 6) is -4.49. The number of esters is 1. The Morgan fingerprint density at radius 1 is 0.539 bits per heavy atom. The number of aliphatic hydroxyl groups is 2. The summed E-state index contributed by atoms with van der Waals surface area (Å²) in [5.41, 5.74) is -0.604. The Hall–Kier alpha value is -3.88. The Balaban J connectivity index is 1.72. The van der Waals surface area contributed by atoms with Gasteiger partial charge in [-0.3, -0.25) is 23.9 Å². The van der Waals surface area contributed by atoms with Crippen LogP contribution in [0.1, 0.15) is 359 Å². The van der Waals surface area contributed by atoms with Crippen molar-refractivity contribution in [3.05, 3.63) is 50.3 Å². The molecule has 1 saturated heterocycles. The molecule has 14 heteroatoms. The summed E-state index contributed by atoms with van der Waals surface area (Å²) in [6.07, 6.45) is 58.5. The van der Waals surface area contributed by atoms with E-state index in [0.717, 1.165) is 62.4 Å². The molecule has 0 bridgehead atoms. The van der Waals surface area contributed by atoms with Crippen molar-refractivity contribution in [1.29, 1.82) is 0 Å². The zero-order valence-electron chi connectivity index (χ0n) is 57.3. The van der Waals surface area contributed by atoms with Crippen LogP contribution in [0.25, 0.3) is 0 Å². The molecule has 4 atom stereocenters. The molecule has 0 radical (unpaired) electrons. The van der Waals surface area contributed by atoms with Crippen LogP contribution in [-0.2, 0) is 25.5 Å². The highest BCUT2D eigenvalue weighted by molar-refractivity contribution is 5.79. The Morgan fingerprint density at radius 2 is 0.865 bits per heavy atom. The fourth-order valence-electron chi connectivity index (χ4n) is 12.6. The highest BCUT2D eigenvalue weighted by Gasteiger charge is 2.52. The fraction of sp³-hybridized carbons (Fsp3) is 0.840. The topological polar surface area (TPSA) is 196 Å². The van der Waals surface area contributed by atoms with Crippen LogP contribution in [0.3, 0.4) is 0 Å². The minimum Gasteiger partial charge on any atom is -0.490 e. The van der Waals surface area contributed by atoms with E-state index in [-0.39, 0.29) is 12.0 Å². The summed E-state index contributed by atoms with van der Waals surface area (Å²) in [7, 11) is 0. The Morgan fingerprint density at radius 3 is 1.19 bits per heavy atom. The number of carboxylic acids is 1. The molecule has 1 unspecified atom stereocenters. The predicted molar refractivity (Wildman–Crippen MR) is 364 cm³/mol. The van der Waals surface area contributed by atoms with Gasteiger partial charge in [0, 0.05) is 11.8 Å². The maximum Gasteiger partial charge on any atom is 0.330 e. The molecular weight excluding hydrogens is 1120 g/mol. The average Bonchev–Trinajstić information content (AvgIpc) is 2.76. The number of aliphatic carboxylic acids is 1. The van der Waals surface area contributed by atoms with Crippen LogP contribution in [0.5, 0.6) is 17.2 Å². The summed E-state index contributed by atoms with van der Waals surface area (Å²) in [6, 6.07) is 3.65. The molecule has 0 amide bonds. The number of nitrogens with zero attached hydrogens (tertiary/aromatic N) is 1. The van der Waals surface area contributed by atoms with Gasteiger partial charge in [-0.2, -0.15) is 0 Å². The molecule has 2 heterocycles.